The molecular formula is C9H7N5O. The van der Waals surface area contributed by atoms with Crippen LogP contribution in [-0.2, 0) is 0 Å². The van der Waals surface area contributed by atoms with Crippen LogP contribution >= 0.6 is 0 Å². The molecule has 0 aliphatic heterocycles. The van der Waals surface area contributed by atoms with Crippen molar-refractivity contribution in [2.75, 3.05) is 7.11 Å². The molecule has 15 heavy (non-hydrogen) atoms. The van der Waals surface area contributed by atoms with Gasteiger partial charge in [-0.15, -0.1) is 5.10 Å². The molecule has 0 N–H and O–H groups in total. The highest BCUT2D eigenvalue weighted by Crippen LogP contribution is 2.22. The Morgan fingerprint density at radius 1 is 1.47 bits per heavy atom. The SMILES string of the molecule is COc1ccc(C#N)cc1-n1cnnn1. The number of tetrazole rings is 1. The van der Waals surface area contributed by atoms with Gasteiger partial charge in [0.25, 0.3) is 0 Å². The molecule has 0 aliphatic carbocycles. The van der Waals surface area contributed by atoms with Gasteiger partial charge < -0.3 is 4.74 Å². The van der Waals surface area contributed by atoms with Crippen LogP contribution in [0.4, 0.5) is 0 Å². The summed E-state index contributed by atoms with van der Waals surface area (Å²) in [5.41, 5.74) is 1.17. The number of nitrogens with zero attached hydrogens (tertiary/aromatic N) is 5. The minimum atomic E-state index is 0.529. The van der Waals surface area contributed by atoms with Crippen LogP contribution in [0.2, 0.25) is 0 Å². The van der Waals surface area contributed by atoms with Gasteiger partial charge in [-0.05, 0) is 28.6 Å². The average molecular weight is 201 g/mol. The molecule has 1 aromatic carbocycles. The second-order valence-electron chi connectivity index (χ2n) is 2.75. The highest BCUT2D eigenvalue weighted by atomic mass is 16.5. The van der Waals surface area contributed by atoms with E-state index in [1.165, 1.54) is 11.0 Å². The van der Waals surface area contributed by atoms with E-state index in [0.717, 1.165) is 0 Å². The predicted molar refractivity (Wildman–Crippen MR) is 50.4 cm³/mol. The predicted octanol–water partition coefficient (Wildman–Crippen LogP) is 0.543. The Morgan fingerprint density at radius 2 is 2.33 bits per heavy atom. The summed E-state index contributed by atoms with van der Waals surface area (Å²) in [6, 6.07) is 7.08. The lowest BCUT2D eigenvalue weighted by atomic mass is 10.2. The van der Waals surface area contributed by atoms with Gasteiger partial charge in [0.15, 0.2) is 0 Å². The lowest BCUT2D eigenvalue weighted by Crippen LogP contribution is -1.99. The minimum Gasteiger partial charge on any atom is -0.494 e. The van der Waals surface area contributed by atoms with E-state index in [4.69, 9.17) is 10.00 Å². The smallest absolute Gasteiger partial charge is 0.144 e. The third-order valence-electron chi connectivity index (χ3n) is 1.90. The van der Waals surface area contributed by atoms with E-state index in [1.807, 2.05) is 6.07 Å². The average Bonchev–Trinajstić information content (AvgIpc) is 2.81. The molecule has 1 heterocycles. The van der Waals surface area contributed by atoms with Crippen molar-refractivity contribution in [3.8, 4) is 17.5 Å². The van der Waals surface area contributed by atoms with E-state index in [-0.39, 0.29) is 0 Å². The fourth-order valence-corrected chi connectivity index (χ4v) is 1.21. The normalized spacial score (nSPS) is 9.60. The van der Waals surface area contributed by atoms with Crippen molar-refractivity contribution in [3.63, 3.8) is 0 Å². The number of ether oxygens (including phenoxy) is 1. The second-order valence-corrected chi connectivity index (χ2v) is 2.75. The lowest BCUT2D eigenvalue weighted by molar-refractivity contribution is 0.411. The summed E-state index contributed by atoms with van der Waals surface area (Å²) in [7, 11) is 1.55. The van der Waals surface area contributed by atoms with Crippen molar-refractivity contribution in [1.82, 2.24) is 20.2 Å². The number of benzene rings is 1. The Kier molecular flexibility index (Phi) is 2.29. The van der Waals surface area contributed by atoms with Gasteiger partial charge in [0.05, 0.1) is 18.7 Å². The van der Waals surface area contributed by atoms with Crippen molar-refractivity contribution in [2.45, 2.75) is 0 Å². The molecule has 0 spiro atoms. The van der Waals surface area contributed by atoms with Gasteiger partial charge in [0.1, 0.15) is 17.8 Å². The topological polar surface area (TPSA) is 76.6 Å². The Bertz CT molecular complexity index is 500. The summed E-state index contributed by atoms with van der Waals surface area (Å²) >= 11 is 0. The summed E-state index contributed by atoms with van der Waals surface area (Å²) in [6.07, 6.45) is 1.44. The number of nitriles is 1. The second kappa shape index (κ2) is 3.75. The summed E-state index contributed by atoms with van der Waals surface area (Å²) < 4.78 is 6.59. The van der Waals surface area contributed by atoms with E-state index < -0.39 is 0 Å². The largest absolute Gasteiger partial charge is 0.494 e. The van der Waals surface area contributed by atoms with Crippen LogP contribution in [-0.4, -0.2) is 27.3 Å². The molecule has 2 aromatic rings. The van der Waals surface area contributed by atoms with Crippen LogP contribution < -0.4 is 4.74 Å². The number of aromatic nitrogens is 4. The van der Waals surface area contributed by atoms with Crippen molar-refractivity contribution in [3.05, 3.63) is 30.1 Å². The zero-order chi connectivity index (χ0) is 10.7. The summed E-state index contributed by atoms with van der Waals surface area (Å²) in [6.45, 7) is 0. The number of rotatable bonds is 2. The van der Waals surface area contributed by atoms with Crippen molar-refractivity contribution < 1.29 is 4.74 Å². The van der Waals surface area contributed by atoms with Crippen molar-refractivity contribution in [2.24, 2.45) is 0 Å². The molecule has 0 bridgehead atoms. The molecule has 6 nitrogen and oxygen atoms in total. The highest BCUT2D eigenvalue weighted by Gasteiger charge is 2.07. The molecule has 0 fully saturated rings. The fraction of sp³-hybridized carbons (Fsp3) is 0.111. The fourth-order valence-electron chi connectivity index (χ4n) is 1.21. The molecule has 0 unspecified atom stereocenters. The maximum Gasteiger partial charge on any atom is 0.144 e. The summed E-state index contributed by atoms with van der Waals surface area (Å²) in [4.78, 5) is 0. The van der Waals surface area contributed by atoms with E-state index >= 15 is 0 Å². The number of methoxy groups -OCH3 is 1. The van der Waals surface area contributed by atoms with E-state index in [9.17, 15) is 0 Å². The maximum absolute atomic E-state index is 8.77. The molecule has 0 atom stereocenters. The zero-order valence-corrected chi connectivity index (χ0v) is 7.95. The Hall–Kier alpha value is -2.42. The van der Waals surface area contributed by atoms with Crippen LogP contribution in [0, 0.1) is 11.3 Å². The van der Waals surface area contributed by atoms with E-state index in [2.05, 4.69) is 15.5 Å². The first-order valence-electron chi connectivity index (χ1n) is 4.16. The zero-order valence-electron chi connectivity index (χ0n) is 7.95. The summed E-state index contributed by atoms with van der Waals surface area (Å²) in [5, 5.41) is 19.6. The van der Waals surface area contributed by atoms with Gasteiger partial charge in [-0.25, -0.2) is 0 Å². The van der Waals surface area contributed by atoms with Crippen LogP contribution in [0.1, 0.15) is 5.56 Å². The number of hydrogen-bond donors (Lipinski definition) is 0. The Balaban J connectivity index is 2.58. The third-order valence-corrected chi connectivity index (χ3v) is 1.90. The van der Waals surface area contributed by atoms with Crippen LogP contribution in [0.25, 0.3) is 5.69 Å². The molecule has 74 valence electrons. The van der Waals surface area contributed by atoms with Crippen molar-refractivity contribution >= 4 is 0 Å². The first-order chi connectivity index (χ1) is 7.35. The lowest BCUT2D eigenvalue weighted by Gasteiger charge is -2.06. The van der Waals surface area contributed by atoms with Gasteiger partial charge in [-0.1, -0.05) is 0 Å². The summed E-state index contributed by atoms with van der Waals surface area (Å²) in [5.74, 6) is 0.612. The van der Waals surface area contributed by atoms with Crippen LogP contribution in [0.3, 0.4) is 0 Å². The monoisotopic (exact) mass is 201 g/mol. The van der Waals surface area contributed by atoms with Crippen LogP contribution in [0.15, 0.2) is 24.5 Å². The first kappa shape index (κ1) is 9.15. The molecule has 0 radical (unpaired) electrons. The van der Waals surface area contributed by atoms with Gasteiger partial charge in [0.2, 0.25) is 0 Å². The van der Waals surface area contributed by atoms with Gasteiger partial charge in [-0.2, -0.15) is 9.94 Å². The van der Waals surface area contributed by atoms with Crippen molar-refractivity contribution in [1.29, 1.82) is 5.26 Å². The van der Waals surface area contributed by atoms with Crippen LogP contribution in [0.5, 0.6) is 5.75 Å². The molecule has 2 rings (SSSR count). The number of hydrogen-bond acceptors (Lipinski definition) is 5. The first-order valence-corrected chi connectivity index (χ1v) is 4.16. The molecule has 0 aliphatic rings. The maximum atomic E-state index is 8.77. The molecular weight excluding hydrogens is 194 g/mol. The Morgan fingerprint density at radius 3 is 2.93 bits per heavy atom. The molecule has 0 saturated carbocycles. The quantitative estimate of drug-likeness (QED) is 0.708. The molecule has 1 aromatic heterocycles. The van der Waals surface area contributed by atoms with E-state index in [0.29, 0.717) is 17.0 Å². The standard InChI is InChI=1S/C9H7N5O/c1-15-9-3-2-7(5-10)4-8(9)14-6-11-12-13-14/h2-4,6H,1H3. The van der Waals surface area contributed by atoms with Gasteiger partial charge in [-0.3, -0.25) is 0 Å². The van der Waals surface area contributed by atoms with E-state index in [1.54, 1.807) is 25.3 Å². The molecule has 0 saturated heterocycles. The molecule has 6 heteroatoms. The van der Waals surface area contributed by atoms with Gasteiger partial charge >= 0.3 is 0 Å². The third kappa shape index (κ3) is 1.62. The molecule has 0 amide bonds. The minimum absolute atomic E-state index is 0.529. The van der Waals surface area contributed by atoms with Gasteiger partial charge in [0, 0.05) is 0 Å². The Labute approximate surface area is 85.7 Å². The highest BCUT2D eigenvalue weighted by molar-refractivity contribution is 5.51.